The number of aryl methyl sites for hydroxylation is 1. The number of hydrogen-bond acceptors (Lipinski definition) is 4. The monoisotopic (exact) mass is 408 g/mol. The predicted octanol–water partition coefficient (Wildman–Crippen LogP) is 4.83. The molecule has 27 heavy (non-hydrogen) atoms. The molecule has 0 radical (unpaired) electrons. The lowest BCUT2D eigenvalue weighted by molar-refractivity contribution is -0.384. The molecular formula is C15H13ClF4N4O3. The summed E-state index contributed by atoms with van der Waals surface area (Å²) < 4.78 is 52.7. The minimum Gasteiger partial charge on any atom is -0.324 e. The van der Waals surface area contributed by atoms with Crippen LogP contribution in [0.3, 0.4) is 0 Å². The minimum atomic E-state index is -3.23. The Morgan fingerprint density at radius 2 is 1.93 bits per heavy atom. The van der Waals surface area contributed by atoms with Crippen molar-refractivity contribution in [2.75, 3.05) is 5.32 Å². The first-order valence-corrected chi connectivity index (χ1v) is 7.82. The van der Waals surface area contributed by atoms with Gasteiger partial charge in [0, 0.05) is 17.8 Å². The van der Waals surface area contributed by atoms with Crippen molar-refractivity contribution in [2.45, 2.75) is 32.7 Å². The van der Waals surface area contributed by atoms with Crippen molar-refractivity contribution in [3.05, 3.63) is 50.3 Å². The Balaban J connectivity index is 2.33. The molecule has 0 bridgehead atoms. The van der Waals surface area contributed by atoms with Crippen molar-refractivity contribution >= 4 is 28.9 Å². The van der Waals surface area contributed by atoms with Gasteiger partial charge in [0.15, 0.2) is 0 Å². The first kappa shape index (κ1) is 20.6. The maximum absolute atomic E-state index is 13.2. The Kier molecular flexibility index (Phi) is 6.04. The van der Waals surface area contributed by atoms with E-state index in [-0.39, 0.29) is 11.4 Å². The topological polar surface area (TPSA) is 90.1 Å². The number of hydrogen-bond donors (Lipinski definition) is 1. The van der Waals surface area contributed by atoms with Crippen LogP contribution < -0.4 is 5.32 Å². The highest BCUT2D eigenvalue weighted by molar-refractivity contribution is 6.32. The number of nitrogens with zero attached hydrogens (tertiary/aromatic N) is 3. The third-order valence-electron chi connectivity index (χ3n) is 3.75. The summed E-state index contributed by atoms with van der Waals surface area (Å²) in [5.74, 6) is -0.839. The average molecular weight is 409 g/mol. The van der Waals surface area contributed by atoms with Gasteiger partial charge in [0.25, 0.3) is 18.5 Å². The Morgan fingerprint density at radius 1 is 1.30 bits per heavy atom. The van der Waals surface area contributed by atoms with Gasteiger partial charge in [0.1, 0.15) is 17.4 Å². The molecule has 1 amide bonds. The van der Waals surface area contributed by atoms with Gasteiger partial charge in [-0.15, -0.1) is 0 Å². The van der Waals surface area contributed by atoms with Gasteiger partial charge in [-0.3, -0.25) is 14.9 Å². The number of anilines is 1. The number of carbonyl (C=O) groups excluding carboxylic acids is 1. The molecule has 1 atom stereocenters. The van der Waals surface area contributed by atoms with Gasteiger partial charge in [0.2, 0.25) is 5.91 Å². The van der Waals surface area contributed by atoms with E-state index in [1.807, 2.05) is 0 Å². The normalized spacial score (nSPS) is 12.5. The molecule has 2 aromatic rings. The van der Waals surface area contributed by atoms with Crippen LogP contribution in [0.5, 0.6) is 0 Å². The van der Waals surface area contributed by atoms with Gasteiger partial charge in [-0.05, 0) is 25.5 Å². The molecule has 1 aromatic heterocycles. The van der Waals surface area contributed by atoms with E-state index in [0.717, 1.165) is 6.07 Å². The molecule has 0 saturated heterocycles. The van der Waals surface area contributed by atoms with Crippen molar-refractivity contribution in [3.63, 3.8) is 0 Å². The van der Waals surface area contributed by atoms with E-state index < -0.39 is 46.1 Å². The fourth-order valence-electron chi connectivity index (χ4n) is 2.33. The number of non-ortho nitro benzene ring substituents is 1. The smallest absolute Gasteiger partial charge is 0.283 e. The minimum absolute atomic E-state index is 0.195. The molecule has 0 fully saturated rings. The van der Waals surface area contributed by atoms with E-state index in [9.17, 15) is 32.5 Å². The summed E-state index contributed by atoms with van der Waals surface area (Å²) in [7, 11) is 0. The number of nitro groups is 1. The second-order valence-electron chi connectivity index (χ2n) is 5.55. The largest absolute Gasteiger partial charge is 0.324 e. The fourth-order valence-corrected chi connectivity index (χ4v) is 2.62. The number of nitrogens with one attached hydrogen (secondary N) is 1. The summed E-state index contributed by atoms with van der Waals surface area (Å²) in [4.78, 5) is 22.5. The van der Waals surface area contributed by atoms with Crippen LogP contribution >= 0.6 is 11.6 Å². The van der Waals surface area contributed by atoms with Crippen molar-refractivity contribution in [2.24, 2.45) is 0 Å². The van der Waals surface area contributed by atoms with Crippen LogP contribution in [0.4, 0.5) is 28.9 Å². The lowest BCUT2D eigenvalue weighted by atomic mass is 10.1. The number of halogens is 5. The first-order valence-electron chi connectivity index (χ1n) is 7.44. The quantitative estimate of drug-likeness (QED) is 0.421. The van der Waals surface area contributed by atoms with Gasteiger partial charge in [-0.25, -0.2) is 22.2 Å². The summed E-state index contributed by atoms with van der Waals surface area (Å²) >= 11 is 5.56. The number of amides is 1. The average Bonchev–Trinajstić information content (AvgIpc) is 2.93. The molecule has 1 N–H and O–H groups in total. The molecule has 0 spiro atoms. The molecule has 0 aliphatic carbocycles. The highest BCUT2D eigenvalue weighted by Crippen LogP contribution is 2.36. The number of benzene rings is 1. The first-order chi connectivity index (χ1) is 12.5. The van der Waals surface area contributed by atoms with Crippen LogP contribution in [-0.2, 0) is 4.79 Å². The number of aromatic nitrogens is 2. The highest BCUT2D eigenvalue weighted by Gasteiger charge is 2.32. The van der Waals surface area contributed by atoms with Crippen LogP contribution in [-0.4, -0.2) is 20.6 Å². The standard InChI is InChI=1S/C15H13ClF4N4O3/c1-6-5-8(24(26)27)3-4-9(6)21-15(25)7(2)23-12(14(19)20)10(16)11(22-23)13(17)18/h3-5,7,13-14H,1-2H3,(H,21,25). The van der Waals surface area contributed by atoms with E-state index in [1.165, 1.54) is 26.0 Å². The highest BCUT2D eigenvalue weighted by atomic mass is 35.5. The van der Waals surface area contributed by atoms with E-state index in [2.05, 4.69) is 10.4 Å². The molecule has 146 valence electrons. The number of carbonyl (C=O) groups is 1. The van der Waals surface area contributed by atoms with Crippen molar-refractivity contribution in [1.29, 1.82) is 0 Å². The van der Waals surface area contributed by atoms with Crippen LogP contribution in [0.15, 0.2) is 18.2 Å². The molecule has 1 unspecified atom stereocenters. The number of nitro benzene ring substituents is 1. The van der Waals surface area contributed by atoms with Crippen molar-refractivity contribution in [1.82, 2.24) is 9.78 Å². The molecule has 2 rings (SSSR count). The van der Waals surface area contributed by atoms with Crippen LogP contribution in [0.25, 0.3) is 0 Å². The zero-order valence-electron chi connectivity index (χ0n) is 13.9. The van der Waals surface area contributed by atoms with Gasteiger partial charge >= 0.3 is 0 Å². The van der Waals surface area contributed by atoms with Gasteiger partial charge in [-0.1, -0.05) is 11.6 Å². The zero-order valence-corrected chi connectivity index (χ0v) is 14.7. The van der Waals surface area contributed by atoms with Gasteiger partial charge in [-0.2, -0.15) is 5.10 Å². The lowest BCUT2D eigenvalue weighted by Gasteiger charge is -2.16. The van der Waals surface area contributed by atoms with E-state index >= 15 is 0 Å². The molecule has 0 aliphatic heterocycles. The summed E-state index contributed by atoms with van der Waals surface area (Å²) in [6.07, 6.45) is -6.42. The summed E-state index contributed by atoms with van der Waals surface area (Å²) in [6.45, 7) is 2.68. The van der Waals surface area contributed by atoms with Crippen molar-refractivity contribution < 1.29 is 27.3 Å². The van der Waals surface area contributed by atoms with Gasteiger partial charge in [0.05, 0.1) is 9.95 Å². The summed E-state index contributed by atoms with van der Waals surface area (Å²) in [6, 6.07) is 2.24. The molecular weight excluding hydrogens is 396 g/mol. The predicted molar refractivity (Wildman–Crippen MR) is 88.3 cm³/mol. The van der Waals surface area contributed by atoms with E-state index in [1.54, 1.807) is 0 Å². The van der Waals surface area contributed by atoms with Crippen molar-refractivity contribution in [3.8, 4) is 0 Å². The maximum atomic E-state index is 13.2. The second kappa shape index (κ2) is 7.91. The second-order valence-corrected chi connectivity index (χ2v) is 5.93. The summed E-state index contributed by atoms with van der Waals surface area (Å²) in [5.41, 5.74) is -1.68. The van der Waals surface area contributed by atoms with Crippen LogP contribution in [0, 0.1) is 17.0 Å². The molecule has 1 aromatic carbocycles. The maximum Gasteiger partial charge on any atom is 0.283 e. The summed E-state index contributed by atoms with van der Waals surface area (Å²) in [5, 5.41) is 15.6. The van der Waals surface area contributed by atoms with Gasteiger partial charge < -0.3 is 5.32 Å². The molecule has 0 saturated carbocycles. The fraction of sp³-hybridized carbons (Fsp3) is 0.333. The Morgan fingerprint density at radius 3 is 2.41 bits per heavy atom. The number of alkyl halides is 4. The molecule has 1 heterocycles. The molecule has 12 heteroatoms. The van der Waals surface area contributed by atoms with Crippen LogP contribution in [0.1, 0.15) is 42.8 Å². The Labute approximate surface area is 155 Å². The molecule has 7 nitrogen and oxygen atoms in total. The number of rotatable bonds is 6. The Bertz CT molecular complexity index is 888. The third-order valence-corrected chi connectivity index (χ3v) is 4.14. The zero-order chi connectivity index (χ0) is 20.5. The third kappa shape index (κ3) is 4.18. The van der Waals surface area contributed by atoms with Crippen LogP contribution in [0.2, 0.25) is 5.02 Å². The molecule has 0 aliphatic rings. The van der Waals surface area contributed by atoms with E-state index in [0.29, 0.717) is 10.2 Å². The van der Waals surface area contributed by atoms with E-state index in [4.69, 9.17) is 11.6 Å². The SMILES string of the molecule is Cc1cc([N+](=O)[O-])ccc1NC(=O)C(C)n1nc(C(F)F)c(Cl)c1C(F)F. The lowest BCUT2D eigenvalue weighted by Crippen LogP contribution is -2.26. The Hall–Kier alpha value is -2.69.